The summed E-state index contributed by atoms with van der Waals surface area (Å²) < 4.78 is 0. The number of nitrogens with one attached hydrogen (secondary N) is 1. The lowest BCUT2D eigenvalue weighted by Gasteiger charge is -2.09. The van der Waals surface area contributed by atoms with Gasteiger partial charge in [0.15, 0.2) is 0 Å². The maximum Gasteiger partial charge on any atom is 0.0576 e. The molecular weight excluding hydrogens is 216 g/mol. The van der Waals surface area contributed by atoms with E-state index in [4.69, 9.17) is 5.73 Å². The van der Waals surface area contributed by atoms with Gasteiger partial charge >= 0.3 is 0 Å². The van der Waals surface area contributed by atoms with Crippen LogP contribution < -0.4 is 11.1 Å². The average molecular weight is 232 g/mol. The van der Waals surface area contributed by atoms with Crippen LogP contribution >= 0.6 is 11.3 Å². The Morgan fingerprint density at radius 3 is 2.94 bits per heavy atom. The number of rotatable bonds is 4. The fourth-order valence-electron chi connectivity index (χ4n) is 1.60. The molecule has 0 aliphatic heterocycles. The van der Waals surface area contributed by atoms with E-state index >= 15 is 0 Å². The number of aryl methyl sites for hydroxylation is 1. The summed E-state index contributed by atoms with van der Waals surface area (Å²) in [5.74, 6) is 0. The van der Waals surface area contributed by atoms with Crippen LogP contribution in [0.15, 0.2) is 35.0 Å². The van der Waals surface area contributed by atoms with Crippen LogP contribution in [0.5, 0.6) is 0 Å². The van der Waals surface area contributed by atoms with E-state index in [2.05, 4.69) is 35.1 Å². The molecule has 2 nitrogen and oxygen atoms in total. The molecule has 2 rings (SSSR count). The molecule has 16 heavy (non-hydrogen) atoms. The topological polar surface area (TPSA) is 38.0 Å². The van der Waals surface area contributed by atoms with Crippen molar-refractivity contribution in [1.82, 2.24) is 0 Å². The summed E-state index contributed by atoms with van der Waals surface area (Å²) in [6.45, 7) is 2.99. The molecular formula is C13H16N2S. The van der Waals surface area contributed by atoms with E-state index in [-0.39, 0.29) is 0 Å². The van der Waals surface area contributed by atoms with E-state index in [1.165, 1.54) is 11.1 Å². The average Bonchev–Trinajstić information content (AvgIpc) is 2.76. The van der Waals surface area contributed by atoms with Gasteiger partial charge in [-0.05, 0) is 53.4 Å². The molecule has 0 aliphatic carbocycles. The van der Waals surface area contributed by atoms with Gasteiger partial charge in [0.1, 0.15) is 0 Å². The van der Waals surface area contributed by atoms with Gasteiger partial charge < -0.3 is 11.1 Å². The first-order chi connectivity index (χ1) is 7.75. The molecule has 3 heteroatoms. The van der Waals surface area contributed by atoms with E-state index in [1.54, 1.807) is 11.3 Å². The van der Waals surface area contributed by atoms with E-state index in [0.29, 0.717) is 0 Å². The molecule has 3 N–H and O–H groups in total. The summed E-state index contributed by atoms with van der Waals surface area (Å²) in [7, 11) is 0. The largest absolute Gasteiger partial charge is 0.397 e. The van der Waals surface area contributed by atoms with Crippen LogP contribution in [0, 0.1) is 6.92 Å². The first-order valence-electron chi connectivity index (χ1n) is 5.37. The highest BCUT2D eigenvalue weighted by atomic mass is 32.1. The van der Waals surface area contributed by atoms with E-state index in [1.807, 2.05) is 12.1 Å². The zero-order chi connectivity index (χ0) is 11.4. The number of hydrogen-bond donors (Lipinski definition) is 2. The van der Waals surface area contributed by atoms with Crippen molar-refractivity contribution in [3.8, 4) is 0 Å². The van der Waals surface area contributed by atoms with Crippen molar-refractivity contribution in [3.05, 3.63) is 46.2 Å². The lowest BCUT2D eigenvalue weighted by molar-refractivity contribution is 1.03. The molecule has 0 atom stereocenters. The van der Waals surface area contributed by atoms with Crippen molar-refractivity contribution in [2.45, 2.75) is 13.3 Å². The van der Waals surface area contributed by atoms with Gasteiger partial charge in [-0.2, -0.15) is 11.3 Å². The van der Waals surface area contributed by atoms with Gasteiger partial charge in [0, 0.05) is 6.54 Å². The molecule has 2 aromatic rings. The van der Waals surface area contributed by atoms with Crippen molar-refractivity contribution < 1.29 is 0 Å². The van der Waals surface area contributed by atoms with Gasteiger partial charge in [0.2, 0.25) is 0 Å². The molecule has 1 aromatic carbocycles. The third-order valence-corrected chi connectivity index (χ3v) is 3.25. The minimum Gasteiger partial charge on any atom is -0.397 e. The lowest BCUT2D eigenvalue weighted by Crippen LogP contribution is -2.06. The highest BCUT2D eigenvalue weighted by Crippen LogP contribution is 2.19. The molecule has 0 spiro atoms. The van der Waals surface area contributed by atoms with Crippen LogP contribution in [0.4, 0.5) is 11.4 Å². The van der Waals surface area contributed by atoms with Crippen molar-refractivity contribution >= 4 is 22.7 Å². The van der Waals surface area contributed by atoms with Gasteiger partial charge in [-0.15, -0.1) is 0 Å². The van der Waals surface area contributed by atoms with Gasteiger partial charge in [0.05, 0.1) is 11.4 Å². The minimum atomic E-state index is 0.816. The maximum atomic E-state index is 5.89. The number of anilines is 2. The summed E-state index contributed by atoms with van der Waals surface area (Å²) in [5.41, 5.74) is 10.3. The molecule has 0 fully saturated rings. The fraction of sp³-hybridized carbons (Fsp3) is 0.231. The van der Waals surface area contributed by atoms with Gasteiger partial charge in [-0.1, -0.05) is 6.07 Å². The molecule has 0 aliphatic rings. The minimum absolute atomic E-state index is 0.816. The quantitative estimate of drug-likeness (QED) is 0.794. The molecule has 1 aromatic heterocycles. The van der Waals surface area contributed by atoms with E-state index < -0.39 is 0 Å². The van der Waals surface area contributed by atoms with Crippen LogP contribution in [0.3, 0.4) is 0 Å². The van der Waals surface area contributed by atoms with Crippen molar-refractivity contribution in [2.24, 2.45) is 0 Å². The lowest BCUT2D eigenvalue weighted by atomic mass is 10.2. The monoisotopic (exact) mass is 232 g/mol. The Labute approximate surface area is 100 Å². The molecule has 0 bridgehead atoms. The summed E-state index contributed by atoms with van der Waals surface area (Å²) in [4.78, 5) is 0. The van der Waals surface area contributed by atoms with Gasteiger partial charge in [-0.3, -0.25) is 0 Å². The Morgan fingerprint density at radius 2 is 2.19 bits per heavy atom. The van der Waals surface area contributed by atoms with Crippen LogP contribution in [0.2, 0.25) is 0 Å². The predicted molar refractivity (Wildman–Crippen MR) is 72.1 cm³/mol. The normalized spacial score (nSPS) is 10.3. The van der Waals surface area contributed by atoms with E-state index in [9.17, 15) is 0 Å². The third kappa shape index (κ3) is 2.76. The van der Waals surface area contributed by atoms with Gasteiger partial charge in [-0.25, -0.2) is 0 Å². The third-order valence-electron chi connectivity index (χ3n) is 2.52. The SMILES string of the molecule is Cc1ccc(N)c(NCCc2ccsc2)c1. The zero-order valence-corrected chi connectivity index (χ0v) is 10.2. The highest BCUT2D eigenvalue weighted by molar-refractivity contribution is 7.07. The van der Waals surface area contributed by atoms with Crippen molar-refractivity contribution in [3.63, 3.8) is 0 Å². The Morgan fingerprint density at radius 1 is 1.31 bits per heavy atom. The summed E-state index contributed by atoms with van der Waals surface area (Å²) in [5, 5.41) is 7.66. The molecule has 0 unspecified atom stereocenters. The molecule has 1 heterocycles. The van der Waals surface area contributed by atoms with Crippen LogP contribution in [-0.2, 0) is 6.42 Å². The Bertz CT molecular complexity index is 449. The standard InChI is InChI=1S/C13H16N2S/c1-10-2-3-12(14)13(8-10)15-6-4-11-5-7-16-9-11/h2-3,5,7-9,15H,4,6,14H2,1H3. The Balaban J connectivity index is 1.92. The van der Waals surface area contributed by atoms with Crippen LogP contribution in [-0.4, -0.2) is 6.54 Å². The number of hydrogen-bond acceptors (Lipinski definition) is 3. The second kappa shape index (κ2) is 5.03. The number of nitrogens with two attached hydrogens (primary N) is 1. The van der Waals surface area contributed by atoms with Crippen molar-refractivity contribution in [2.75, 3.05) is 17.6 Å². The fourth-order valence-corrected chi connectivity index (χ4v) is 2.30. The second-order valence-electron chi connectivity index (χ2n) is 3.90. The molecule has 84 valence electrons. The van der Waals surface area contributed by atoms with Crippen LogP contribution in [0.25, 0.3) is 0 Å². The van der Waals surface area contributed by atoms with Gasteiger partial charge in [0.25, 0.3) is 0 Å². The highest BCUT2D eigenvalue weighted by Gasteiger charge is 1.99. The number of nitrogen functional groups attached to an aromatic ring is 1. The maximum absolute atomic E-state index is 5.89. The van der Waals surface area contributed by atoms with E-state index in [0.717, 1.165) is 24.3 Å². The predicted octanol–water partition coefficient (Wildman–Crippen LogP) is 3.29. The smallest absolute Gasteiger partial charge is 0.0576 e. The van der Waals surface area contributed by atoms with Crippen LogP contribution in [0.1, 0.15) is 11.1 Å². The Kier molecular flexibility index (Phi) is 3.47. The Hall–Kier alpha value is -1.48. The summed E-state index contributed by atoms with van der Waals surface area (Å²) in [6.07, 6.45) is 1.04. The first kappa shape index (κ1) is 11.0. The molecule has 0 amide bonds. The summed E-state index contributed by atoms with van der Waals surface area (Å²) in [6, 6.07) is 8.22. The summed E-state index contributed by atoms with van der Waals surface area (Å²) >= 11 is 1.74. The molecule has 0 radical (unpaired) electrons. The molecule has 0 saturated carbocycles. The second-order valence-corrected chi connectivity index (χ2v) is 4.68. The first-order valence-corrected chi connectivity index (χ1v) is 6.31. The molecule has 0 saturated heterocycles. The van der Waals surface area contributed by atoms with Crippen molar-refractivity contribution in [1.29, 1.82) is 0 Å². The number of benzene rings is 1. The number of thiophene rings is 1. The zero-order valence-electron chi connectivity index (χ0n) is 9.36.